The minimum atomic E-state index is -0.827. The van der Waals surface area contributed by atoms with Gasteiger partial charge in [-0.2, -0.15) is 0 Å². The van der Waals surface area contributed by atoms with Gasteiger partial charge in [-0.15, -0.1) is 0 Å². The lowest BCUT2D eigenvalue weighted by Crippen LogP contribution is -2.44. The summed E-state index contributed by atoms with van der Waals surface area (Å²) in [6.45, 7) is 4.17. The molecule has 0 spiro atoms. The fraction of sp³-hybridized carbons (Fsp3) is 0.923. The van der Waals surface area contributed by atoms with Crippen molar-refractivity contribution < 1.29 is 14.6 Å². The van der Waals surface area contributed by atoms with Crippen LogP contribution in [0.2, 0.25) is 0 Å². The average Bonchev–Trinajstić information content (AvgIpc) is 2.51. The van der Waals surface area contributed by atoms with E-state index in [4.69, 9.17) is 9.84 Å². The summed E-state index contributed by atoms with van der Waals surface area (Å²) in [5.74, 6) is -0.827. The SMILES string of the molecule is CC(C)NC(COC1CCCCCC1)C(=O)O. The molecule has 100 valence electrons. The molecule has 0 aromatic rings. The summed E-state index contributed by atoms with van der Waals surface area (Å²) in [6.07, 6.45) is 7.40. The van der Waals surface area contributed by atoms with E-state index in [1.54, 1.807) is 0 Å². The number of nitrogens with one attached hydrogen (secondary N) is 1. The molecular formula is C13H25NO3. The van der Waals surface area contributed by atoms with Gasteiger partial charge in [0.25, 0.3) is 0 Å². The Morgan fingerprint density at radius 3 is 2.35 bits per heavy atom. The Kier molecular flexibility index (Phi) is 6.52. The lowest BCUT2D eigenvalue weighted by Gasteiger charge is -2.21. The minimum Gasteiger partial charge on any atom is -0.480 e. The van der Waals surface area contributed by atoms with Crippen molar-refractivity contribution in [2.75, 3.05) is 6.61 Å². The molecule has 0 bridgehead atoms. The first-order valence-corrected chi connectivity index (χ1v) is 6.70. The van der Waals surface area contributed by atoms with Gasteiger partial charge in [-0.1, -0.05) is 39.5 Å². The van der Waals surface area contributed by atoms with Crippen LogP contribution in [0.15, 0.2) is 0 Å². The van der Waals surface area contributed by atoms with Gasteiger partial charge in [-0.25, -0.2) is 0 Å². The van der Waals surface area contributed by atoms with Crippen molar-refractivity contribution in [1.82, 2.24) is 5.32 Å². The monoisotopic (exact) mass is 243 g/mol. The second-order valence-corrected chi connectivity index (χ2v) is 5.16. The molecule has 0 aromatic heterocycles. The van der Waals surface area contributed by atoms with Gasteiger partial charge in [0.15, 0.2) is 0 Å². The van der Waals surface area contributed by atoms with Crippen molar-refractivity contribution in [1.29, 1.82) is 0 Å². The van der Waals surface area contributed by atoms with Crippen LogP contribution in [0.3, 0.4) is 0 Å². The summed E-state index contributed by atoms with van der Waals surface area (Å²) in [4.78, 5) is 11.0. The zero-order valence-electron chi connectivity index (χ0n) is 10.9. The highest BCUT2D eigenvalue weighted by Gasteiger charge is 2.21. The van der Waals surface area contributed by atoms with Crippen molar-refractivity contribution in [3.8, 4) is 0 Å². The molecule has 1 atom stereocenters. The molecule has 0 aromatic carbocycles. The normalized spacial score (nSPS) is 20.2. The van der Waals surface area contributed by atoms with E-state index >= 15 is 0 Å². The van der Waals surface area contributed by atoms with Crippen molar-refractivity contribution in [3.05, 3.63) is 0 Å². The van der Waals surface area contributed by atoms with Crippen LogP contribution < -0.4 is 5.32 Å². The number of hydrogen-bond donors (Lipinski definition) is 2. The number of aliphatic carboxylic acids is 1. The molecule has 0 aliphatic heterocycles. The molecule has 1 unspecified atom stereocenters. The van der Waals surface area contributed by atoms with Gasteiger partial charge < -0.3 is 15.2 Å². The van der Waals surface area contributed by atoms with Gasteiger partial charge in [0.2, 0.25) is 0 Å². The standard InChI is InChI=1S/C13H25NO3/c1-10(2)14-12(13(15)16)9-17-11-7-5-3-4-6-8-11/h10-12,14H,3-9H2,1-2H3,(H,15,16). The fourth-order valence-corrected chi connectivity index (χ4v) is 2.23. The summed E-state index contributed by atoms with van der Waals surface area (Å²) in [6, 6.07) is -0.424. The van der Waals surface area contributed by atoms with Gasteiger partial charge >= 0.3 is 5.97 Å². The largest absolute Gasteiger partial charge is 0.480 e. The molecule has 1 rings (SSSR count). The molecule has 0 heterocycles. The summed E-state index contributed by atoms with van der Waals surface area (Å²) < 4.78 is 5.74. The zero-order chi connectivity index (χ0) is 12.7. The van der Waals surface area contributed by atoms with Crippen molar-refractivity contribution in [2.45, 2.75) is 70.6 Å². The van der Waals surface area contributed by atoms with Crippen LogP contribution in [-0.4, -0.2) is 35.9 Å². The number of carboxylic acids is 1. The second-order valence-electron chi connectivity index (χ2n) is 5.16. The highest BCUT2D eigenvalue weighted by Crippen LogP contribution is 2.19. The van der Waals surface area contributed by atoms with E-state index in [1.807, 2.05) is 13.8 Å². The Bertz CT molecular complexity index is 223. The topological polar surface area (TPSA) is 58.6 Å². The third-order valence-electron chi connectivity index (χ3n) is 3.13. The Morgan fingerprint density at radius 1 is 1.29 bits per heavy atom. The van der Waals surface area contributed by atoms with E-state index in [9.17, 15) is 4.79 Å². The maximum atomic E-state index is 11.0. The van der Waals surface area contributed by atoms with E-state index in [1.165, 1.54) is 25.7 Å². The molecule has 4 heteroatoms. The fourth-order valence-electron chi connectivity index (χ4n) is 2.23. The first kappa shape index (κ1) is 14.5. The smallest absolute Gasteiger partial charge is 0.323 e. The summed E-state index contributed by atoms with van der Waals surface area (Å²) in [7, 11) is 0. The maximum Gasteiger partial charge on any atom is 0.323 e. The molecule has 0 amide bonds. The lowest BCUT2D eigenvalue weighted by molar-refractivity contribution is -0.142. The number of carboxylic acid groups (broad SMARTS) is 1. The first-order valence-electron chi connectivity index (χ1n) is 6.70. The van der Waals surface area contributed by atoms with E-state index in [0.29, 0.717) is 0 Å². The number of carbonyl (C=O) groups is 1. The third kappa shape index (κ3) is 6.03. The van der Waals surface area contributed by atoms with Crippen LogP contribution in [0.4, 0.5) is 0 Å². The molecule has 4 nitrogen and oxygen atoms in total. The molecule has 1 aliphatic carbocycles. The lowest BCUT2D eigenvalue weighted by atomic mass is 10.1. The highest BCUT2D eigenvalue weighted by molar-refractivity contribution is 5.73. The molecule has 2 N–H and O–H groups in total. The predicted octanol–water partition coefficient (Wildman–Crippen LogP) is 2.18. The maximum absolute atomic E-state index is 11.0. The van der Waals surface area contributed by atoms with Crippen LogP contribution in [0.25, 0.3) is 0 Å². The molecule has 0 radical (unpaired) electrons. The van der Waals surface area contributed by atoms with Crippen molar-refractivity contribution >= 4 is 5.97 Å². The first-order chi connectivity index (χ1) is 8.09. The Hall–Kier alpha value is -0.610. The highest BCUT2D eigenvalue weighted by atomic mass is 16.5. The molecule has 1 aliphatic rings. The van der Waals surface area contributed by atoms with Crippen LogP contribution in [0.5, 0.6) is 0 Å². The Morgan fingerprint density at radius 2 is 1.88 bits per heavy atom. The van der Waals surface area contributed by atoms with Crippen molar-refractivity contribution in [2.24, 2.45) is 0 Å². The van der Waals surface area contributed by atoms with E-state index in [2.05, 4.69) is 5.32 Å². The second kappa shape index (κ2) is 7.67. The summed E-state index contributed by atoms with van der Waals surface area (Å²) in [5.41, 5.74) is 0. The molecule has 0 saturated heterocycles. The average molecular weight is 243 g/mol. The van der Waals surface area contributed by atoms with Crippen LogP contribution in [-0.2, 0) is 9.53 Å². The minimum absolute atomic E-state index is 0.161. The van der Waals surface area contributed by atoms with E-state index < -0.39 is 12.0 Å². The molecule has 1 saturated carbocycles. The van der Waals surface area contributed by atoms with Crippen molar-refractivity contribution in [3.63, 3.8) is 0 Å². The van der Waals surface area contributed by atoms with Crippen LogP contribution in [0, 0.1) is 0 Å². The summed E-state index contributed by atoms with van der Waals surface area (Å²) in [5, 5.41) is 12.1. The van der Waals surface area contributed by atoms with Crippen LogP contribution in [0.1, 0.15) is 52.4 Å². The van der Waals surface area contributed by atoms with Crippen LogP contribution >= 0.6 is 0 Å². The molecule has 1 fully saturated rings. The summed E-state index contributed by atoms with van der Waals surface area (Å²) >= 11 is 0. The van der Waals surface area contributed by atoms with E-state index in [-0.39, 0.29) is 18.8 Å². The van der Waals surface area contributed by atoms with Gasteiger partial charge in [0, 0.05) is 6.04 Å². The van der Waals surface area contributed by atoms with Gasteiger partial charge in [-0.05, 0) is 12.8 Å². The quantitative estimate of drug-likeness (QED) is 0.702. The van der Waals surface area contributed by atoms with Gasteiger partial charge in [-0.3, -0.25) is 4.79 Å². The van der Waals surface area contributed by atoms with E-state index in [0.717, 1.165) is 12.8 Å². The van der Waals surface area contributed by atoms with Gasteiger partial charge in [0.1, 0.15) is 6.04 Å². The molecule has 17 heavy (non-hydrogen) atoms. The number of hydrogen-bond acceptors (Lipinski definition) is 3. The van der Waals surface area contributed by atoms with Gasteiger partial charge in [0.05, 0.1) is 12.7 Å². The predicted molar refractivity (Wildman–Crippen MR) is 67.1 cm³/mol. The zero-order valence-corrected chi connectivity index (χ0v) is 10.9. The third-order valence-corrected chi connectivity index (χ3v) is 3.13. The molecular weight excluding hydrogens is 218 g/mol. The number of rotatable bonds is 6. The Labute approximate surface area is 104 Å². The Balaban J connectivity index is 2.31. The number of ether oxygens (including phenoxy) is 1.